The van der Waals surface area contributed by atoms with E-state index >= 15 is 0 Å². The summed E-state index contributed by atoms with van der Waals surface area (Å²) >= 11 is 0. The summed E-state index contributed by atoms with van der Waals surface area (Å²) in [5.74, 6) is 1.97. The highest BCUT2D eigenvalue weighted by molar-refractivity contribution is 5.64. The molecule has 0 unspecified atom stereocenters. The van der Waals surface area contributed by atoms with Gasteiger partial charge in [0.2, 0.25) is 11.8 Å². The van der Waals surface area contributed by atoms with Gasteiger partial charge in [-0.3, -0.25) is 0 Å². The molecule has 1 N–H and O–H groups in total. The van der Waals surface area contributed by atoms with Gasteiger partial charge in [0.25, 0.3) is 0 Å². The van der Waals surface area contributed by atoms with Crippen molar-refractivity contribution >= 4 is 5.69 Å². The fourth-order valence-electron chi connectivity index (χ4n) is 3.13. The van der Waals surface area contributed by atoms with Crippen molar-refractivity contribution in [1.82, 2.24) is 10.2 Å². The number of nitrogens with one attached hydrogen (secondary N) is 1. The number of rotatable bonds is 2. The van der Waals surface area contributed by atoms with Crippen molar-refractivity contribution in [2.75, 3.05) is 11.9 Å². The molecule has 0 atom stereocenters. The first-order chi connectivity index (χ1) is 9.40. The van der Waals surface area contributed by atoms with Crippen LogP contribution in [0, 0.1) is 0 Å². The molecule has 1 aliphatic carbocycles. The van der Waals surface area contributed by atoms with Gasteiger partial charge in [0.05, 0.1) is 0 Å². The Bertz CT molecular complexity index is 599. The van der Waals surface area contributed by atoms with E-state index in [4.69, 9.17) is 4.42 Å². The summed E-state index contributed by atoms with van der Waals surface area (Å²) in [6.07, 6.45) is 6.03. The molecule has 0 saturated heterocycles. The number of aromatic nitrogens is 2. The predicted molar refractivity (Wildman–Crippen MR) is 73.1 cm³/mol. The summed E-state index contributed by atoms with van der Waals surface area (Å²) in [7, 11) is 0. The number of benzene rings is 1. The monoisotopic (exact) mass is 255 g/mol. The Hall–Kier alpha value is -1.84. The fraction of sp³-hybridized carbons (Fsp3) is 0.467. The highest BCUT2D eigenvalue weighted by atomic mass is 16.4. The van der Waals surface area contributed by atoms with Crippen LogP contribution in [0.15, 0.2) is 22.6 Å². The van der Waals surface area contributed by atoms with Gasteiger partial charge in [-0.05, 0) is 43.0 Å². The van der Waals surface area contributed by atoms with Crippen LogP contribution >= 0.6 is 0 Å². The molecule has 98 valence electrons. The topological polar surface area (TPSA) is 51.0 Å². The van der Waals surface area contributed by atoms with E-state index in [1.54, 1.807) is 0 Å². The first-order valence-electron chi connectivity index (χ1n) is 7.11. The van der Waals surface area contributed by atoms with Crippen LogP contribution in [0.5, 0.6) is 0 Å². The molecule has 1 aromatic heterocycles. The number of hydrogen-bond donors (Lipinski definition) is 1. The molecule has 4 rings (SSSR count). The lowest BCUT2D eigenvalue weighted by Gasteiger charge is -2.02. The minimum Gasteiger partial charge on any atom is -0.420 e. The van der Waals surface area contributed by atoms with Crippen molar-refractivity contribution in [2.45, 2.75) is 38.0 Å². The van der Waals surface area contributed by atoms with E-state index in [0.29, 0.717) is 11.8 Å². The second-order valence-electron chi connectivity index (χ2n) is 5.48. The van der Waals surface area contributed by atoms with E-state index in [9.17, 15) is 0 Å². The van der Waals surface area contributed by atoms with Crippen LogP contribution in [-0.4, -0.2) is 16.7 Å². The SMILES string of the molecule is c1cc2c(cc1-c1nnc(C3CCCC3)o1)CCN2. The molecule has 4 nitrogen and oxygen atoms in total. The lowest BCUT2D eigenvalue weighted by molar-refractivity contribution is 0.457. The summed E-state index contributed by atoms with van der Waals surface area (Å²) in [4.78, 5) is 0. The van der Waals surface area contributed by atoms with Gasteiger partial charge in [-0.15, -0.1) is 10.2 Å². The molecule has 1 aromatic carbocycles. The molecule has 2 aromatic rings. The first kappa shape index (κ1) is 11.0. The van der Waals surface area contributed by atoms with Gasteiger partial charge in [0, 0.05) is 23.7 Å². The zero-order valence-corrected chi connectivity index (χ0v) is 10.9. The summed E-state index contributed by atoms with van der Waals surface area (Å²) in [6.45, 7) is 1.02. The summed E-state index contributed by atoms with van der Waals surface area (Å²) in [5.41, 5.74) is 3.62. The van der Waals surface area contributed by atoms with Crippen LogP contribution in [0.3, 0.4) is 0 Å². The van der Waals surface area contributed by atoms with Crippen LogP contribution in [0.1, 0.15) is 43.1 Å². The quantitative estimate of drug-likeness (QED) is 0.894. The molecule has 2 heterocycles. The molecule has 1 fully saturated rings. The third kappa shape index (κ3) is 1.91. The van der Waals surface area contributed by atoms with Gasteiger partial charge in [-0.2, -0.15) is 0 Å². The van der Waals surface area contributed by atoms with Crippen molar-refractivity contribution in [3.63, 3.8) is 0 Å². The third-order valence-corrected chi connectivity index (χ3v) is 4.21. The Kier molecular flexibility index (Phi) is 2.53. The first-order valence-corrected chi connectivity index (χ1v) is 7.11. The molecule has 4 heteroatoms. The van der Waals surface area contributed by atoms with Gasteiger partial charge in [0.1, 0.15) is 0 Å². The fourth-order valence-corrected chi connectivity index (χ4v) is 3.13. The molecule has 0 spiro atoms. The maximum atomic E-state index is 5.87. The molecular weight excluding hydrogens is 238 g/mol. The van der Waals surface area contributed by atoms with E-state index in [1.807, 2.05) is 0 Å². The van der Waals surface area contributed by atoms with Crippen molar-refractivity contribution in [3.8, 4) is 11.5 Å². The maximum Gasteiger partial charge on any atom is 0.247 e. The van der Waals surface area contributed by atoms with E-state index in [1.165, 1.54) is 36.9 Å². The predicted octanol–water partition coefficient (Wildman–Crippen LogP) is 3.36. The molecular formula is C15H17N3O. The number of anilines is 1. The van der Waals surface area contributed by atoms with Crippen LogP contribution in [0.4, 0.5) is 5.69 Å². The van der Waals surface area contributed by atoms with Gasteiger partial charge in [0.15, 0.2) is 0 Å². The minimum atomic E-state index is 0.484. The van der Waals surface area contributed by atoms with E-state index in [2.05, 4.69) is 33.7 Å². The summed E-state index contributed by atoms with van der Waals surface area (Å²) < 4.78 is 5.87. The lowest BCUT2D eigenvalue weighted by atomic mass is 10.1. The van der Waals surface area contributed by atoms with E-state index in [-0.39, 0.29) is 0 Å². The van der Waals surface area contributed by atoms with Crippen LogP contribution < -0.4 is 5.32 Å². The van der Waals surface area contributed by atoms with Crippen LogP contribution in [0.25, 0.3) is 11.5 Å². The number of fused-ring (bicyclic) bond motifs is 1. The van der Waals surface area contributed by atoms with Crippen molar-refractivity contribution in [1.29, 1.82) is 0 Å². The maximum absolute atomic E-state index is 5.87. The second kappa shape index (κ2) is 4.37. The summed E-state index contributed by atoms with van der Waals surface area (Å²) in [5, 5.41) is 11.8. The Balaban J connectivity index is 1.65. The van der Waals surface area contributed by atoms with Crippen LogP contribution in [-0.2, 0) is 6.42 Å². The molecule has 1 aliphatic heterocycles. The van der Waals surface area contributed by atoms with Gasteiger partial charge in [-0.25, -0.2) is 0 Å². The third-order valence-electron chi connectivity index (χ3n) is 4.21. The standard InChI is InChI=1S/C15H17N3O/c1-2-4-10(3-1)14-17-18-15(19-14)12-5-6-13-11(9-12)7-8-16-13/h5-6,9-10,16H,1-4,7-8H2. The minimum absolute atomic E-state index is 0.484. The average Bonchev–Trinajstić information content (AvgIpc) is 3.18. The zero-order valence-electron chi connectivity index (χ0n) is 10.9. The largest absolute Gasteiger partial charge is 0.420 e. The van der Waals surface area contributed by atoms with Crippen molar-refractivity contribution in [3.05, 3.63) is 29.7 Å². The lowest BCUT2D eigenvalue weighted by Crippen LogP contribution is -1.91. The van der Waals surface area contributed by atoms with Gasteiger partial charge in [-0.1, -0.05) is 12.8 Å². The number of hydrogen-bond acceptors (Lipinski definition) is 4. The van der Waals surface area contributed by atoms with E-state index in [0.717, 1.165) is 24.4 Å². The highest BCUT2D eigenvalue weighted by Gasteiger charge is 2.23. The molecule has 0 bridgehead atoms. The van der Waals surface area contributed by atoms with E-state index < -0.39 is 0 Å². The normalized spacial score (nSPS) is 18.5. The van der Waals surface area contributed by atoms with Gasteiger partial charge < -0.3 is 9.73 Å². The van der Waals surface area contributed by atoms with Crippen LogP contribution in [0.2, 0.25) is 0 Å². The van der Waals surface area contributed by atoms with Crippen molar-refractivity contribution in [2.24, 2.45) is 0 Å². The van der Waals surface area contributed by atoms with Crippen molar-refractivity contribution < 1.29 is 4.42 Å². The Morgan fingerprint density at radius 3 is 2.95 bits per heavy atom. The average molecular weight is 255 g/mol. The highest BCUT2D eigenvalue weighted by Crippen LogP contribution is 2.35. The summed E-state index contributed by atoms with van der Waals surface area (Å²) in [6, 6.07) is 6.33. The molecule has 19 heavy (non-hydrogen) atoms. The Labute approximate surface area is 112 Å². The van der Waals surface area contributed by atoms with Gasteiger partial charge >= 0.3 is 0 Å². The Morgan fingerprint density at radius 2 is 2.05 bits per heavy atom. The molecule has 0 amide bonds. The molecule has 2 aliphatic rings. The Morgan fingerprint density at radius 1 is 1.16 bits per heavy atom. The smallest absolute Gasteiger partial charge is 0.247 e. The molecule has 0 radical (unpaired) electrons. The molecule has 1 saturated carbocycles. The zero-order chi connectivity index (χ0) is 12.7. The number of nitrogens with zero attached hydrogens (tertiary/aromatic N) is 2. The second-order valence-corrected chi connectivity index (χ2v) is 5.48.